The molecule has 0 fully saturated rings. The van der Waals surface area contributed by atoms with E-state index in [1.807, 2.05) is 0 Å². The Hall–Kier alpha value is -7.34. The lowest BCUT2D eigenvalue weighted by atomic mass is 9.86. The number of aromatic nitrogens is 3. The monoisotopic (exact) mass is 858 g/mol. The van der Waals surface area contributed by atoms with Crippen molar-refractivity contribution in [2.24, 2.45) is 0 Å². The van der Waals surface area contributed by atoms with Crippen LogP contribution in [0.25, 0.3) is 82.7 Å². The zero-order chi connectivity index (χ0) is 44.5. The van der Waals surface area contributed by atoms with Gasteiger partial charge in [0, 0.05) is 33.4 Å². The molecule has 0 aliphatic heterocycles. The van der Waals surface area contributed by atoms with E-state index >= 15 is 0 Å². The number of fused-ring (bicyclic) bond motifs is 6. The van der Waals surface area contributed by atoms with Gasteiger partial charge in [0.1, 0.15) is 11.0 Å². The minimum absolute atomic E-state index is 0.104. The maximum absolute atomic E-state index is 5.00. The molecule has 316 valence electrons. The summed E-state index contributed by atoms with van der Waals surface area (Å²) in [5.74, 6) is 0. The van der Waals surface area contributed by atoms with Crippen LogP contribution in [0.4, 0.5) is 17.1 Å². The summed E-state index contributed by atoms with van der Waals surface area (Å²) in [6.45, 7) is 13.5. The van der Waals surface area contributed by atoms with Crippen LogP contribution in [0.5, 0.6) is 0 Å². The Kier molecular flexibility index (Phi) is 9.78. The van der Waals surface area contributed by atoms with E-state index < -0.39 is 0 Å². The Balaban J connectivity index is 0.980. The van der Waals surface area contributed by atoms with Crippen molar-refractivity contribution >= 4 is 72.4 Å². The number of anilines is 3. The number of nitrogens with zero attached hydrogens (tertiary/aromatic N) is 4. The van der Waals surface area contributed by atoms with Crippen LogP contribution >= 0.6 is 11.7 Å². The minimum atomic E-state index is 0.104. The molecular weight excluding hydrogens is 809 g/mol. The summed E-state index contributed by atoms with van der Waals surface area (Å²) < 4.78 is 12.4. The first-order chi connectivity index (χ1) is 31.5. The van der Waals surface area contributed by atoms with Crippen LogP contribution in [-0.2, 0) is 10.8 Å². The molecule has 2 aromatic heterocycles. The van der Waals surface area contributed by atoms with Gasteiger partial charge in [0.2, 0.25) is 0 Å². The van der Waals surface area contributed by atoms with E-state index in [4.69, 9.17) is 8.75 Å². The van der Waals surface area contributed by atoms with Crippen molar-refractivity contribution < 1.29 is 0 Å². The summed E-state index contributed by atoms with van der Waals surface area (Å²) in [5, 5.41) is 5.06. The van der Waals surface area contributed by atoms with E-state index in [1.54, 1.807) is 0 Å². The normalized spacial score (nSPS) is 12.2. The second-order valence-electron chi connectivity index (χ2n) is 19.3. The van der Waals surface area contributed by atoms with E-state index in [1.165, 1.54) is 77.7 Å². The maximum atomic E-state index is 5.00. The molecule has 0 unspecified atom stereocenters. The zero-order valence-electron chi connectivity index (χ0n) is 37.7. The molecule has 9 aromatic carbocycles. The molecule has 0 radical (unpaired) electrons. The SMILES string of the molecule is CC(C)(C)c1ccc(-c2ccc(N(c3ccc(-c4ccc(C(C)(C)C)cc4)cc3)c3ccc(-c4ccc(-n5c6ccccc6c6c7ccccc7ccc65)cc4)c4nsnc34)cc2)cc1. The molecule has 0 amide bonds. The van der Waals surface area contributed by atoms with Gasteiger partial charge in [0.05, 0.1) is 28.4 Å². The molecule has 0 saturated heterocycles. The van der Waals surface area contributed by atoms with Gasteiger partial charge in [-0.25, -0.2) is 0 Å². The van der Waals surface area contributed by atoms with Gasteiger partial charge in [0.25, 0.3) is 0 Å². The molecular formula is C60H50N4S. The lowest BCUT2D eigenvalue weighted by Crippen LogP contribution is -2.11. The lowest BCUT2D eigenvalue weighted by Gasteiger charge is -2.26. The topological polar surface area (TPSA) is 34.0 Å². The van der Waals surface area contributed by atoms with Crippen molar-refractivity contribution in [3.05, 3.63) is 205 Å². The van der Waals surface area contributed by atoms with Gasteiger partial charge in [-0.1, -0.05) is 175 Å². The van der Waals surface area contributed by atoms with Crippen LogP contribution in [-0.4, -0.2) is 13.3 Å². The highest BCUT2D eigenvalue weighted by atomic mass is 32.1. The predicted molar refractivity (Wildman–Crippen MR) is 278 cm³/mol. The van der Waals surface area contributed by atoms with Crippen molar-refractivity contribution in [3.63, 3.8) is 0 Å². The fourth-order valence-electron chi connectivity index (χ4n) is 9.43. The van der Waals surface area contributed by atoms with Crippen LogP contribution in [0.1, 0.15) is 52.7 Å². The average molecular weight is 859 g/mol. The summed E-state index contributed by atoms with van der Waals surface area (Å²) in [7, 11) is 0. The van der Waals surface area contributed by atoms with Gasteiger partial charge in [0.15, 0.2) is 0 Å². The standard InChI is InChI=1S/C60H50N4S/c1-59(2,3)45-26-15-39(16-27-45)41-19-30-47(31-20-41)63(48-32-21-42(22-33-48)40-17-28-46(29-18-40)60(4,5)6)55-38-36-51(57-58(55)62-65-61-57)44-23-34-49(35-24-44)64-53-14-10-9-13-52(53)56-50-12-8-7-11-43(50)25-37-54(56)64/h7-38H,1-6H3. The highest BCUT2D eigenvalue weighted by Gasteiger charge is 2.22. The minimum Gasteiger partial charge on any atom is -0.309 e. The number of hydrogen-bond donors (Lipinski definition) is 0. The first-order valence-corrected chi connectivity index (χ1v) is 23.2. The van der Waals surface area contributed by atoms with Crippen LogP contribution in [0.3, 0.4) is 0 Å². The van der Waals surface area contributed by atoms with E-state index in [2.05, 4.69) is 245 Å². The summed E-state index contributed by atoms with van der Waals surface area (Å²) in [6, 6.07) is 71.0. The van der Waals surface area contributed by atoms with Gasteiger partial charge in [-0.05, 0) is 121 Å². The van der Waals surface area contributed by atoms with E-state index in [-0.39, 0.29) is 10.8 Å². The van der Waals surface area contributed by atoms with Gasteiger partial charge in [-0.2, -0.15) is 8.75 Å². The Morgan fingerprint density at radius 3 is 1.48 bits per heavy atom. The molecule has 11 aromatic rings. The zero-order valence-corrected chi connectivity index (χ0v) is 38.5. The molecule has 0 atom stereocenters. The maximum Gasteiger partial charge on any atom is 0.129 e. The Morgan fingerprint density at radius 2 is 0.908 bits per heavy atom. The second kappa shape index (κ2) is 15.7. The van der Waals surface area contributed by atoms with Crippen molar-refractivity contribution in [3.8, 4) is 39.1 Å². The van der Waals surface area contributed by atoms with Crippen LogP contribution in [0.2, 0.25) is 0 Å². The largest absolute Gasteiger partial charge is 0.309 e. The highest BCUT2D eigenvalue weighted by molar-refractivity contribution is 7.00. The van der Waals surface area contributed by atoms with Crippen molar-refractivity contribution in [2.45, 2.75) is 52.4 Å². The number of hydrogen-bond acceptors (Lipinski definition) is 4. The molecule has 11 rings (SSSR count). The lowest BCUT2D eigenvalue weighted by molar-refractivity contribution is 0.590. The van der Waals surface area contributed by atoms with Crippen molar-refractivity contribution in [1.29, 1.82) is 0 Å². The van der Waals surface area contributed by atoms with E-state index in [9.17, 15) is 0 Å². The molecule has 0 saturated carbocycles. The van der Waals surface area contributed by atoms with Gasteiger partial charge in [-0.15, -0.1) is 0 Å². The van der Waals surface area contributed by atoms with E-state index in [0.29, 0.717) is 0 Å². The molecule has 4 nitrogen and oxygen atoms in total. The number of rotatable bonds is 7. The third-order valence-electron chi connectivity index (χ3n) is 13.1. The van der Waals surface area contributed by atoms with Crippen molar-refractivity contribution in [1.82, 2.24) is 13.3 Å². The van der Waals surface area contributed by atoms with Gasteiger partial charge < -0.3 is 9.47 Å². The molecule has 5 heteroatoms. The highest BCUT2D eigenvalue weighted by Crippen LogP contribution is 2.43. The fraction of sp³-hybridized carbons (Fsp3) is 0.133. The third kappa shape index (κ3) is 7.26. The van der Waals surface area contributed by atoms with Crippen LogP contribution in [0.15, 0.2) is 194 Å². The Bertz CT molecular complexity index is 3410. The van der Waals surface area contributed by atoms with Gasteiger partial charge >= 0.3 is 0 Å². The second-order valence-corrected chi connectivity index (χ2v) is 19.8. The summed E-state index contributed by atoms with van der Waals surface area (Å²) in [6.07, 6.45) is 0. The van der Waals surface area contributed by atoms with Crippen LogP contribution < -0.4 is 4.90 Å². The van der Waals surface area contributed by atoms with E-state index in [0.717, 1.165) is 44.9 Å². The first-order valence-electron chi connectivity index (χ1n) is 22.5. The average Bonchev–Trinajstić information content (AvgIpc) is 3.96. The summed E-state index contributed by atoms with van der Waals surface area (Å²) >= 11 is 1.26. The smallest absolute Gasteiger partial charge is 0.129 e. The molecule has 0 bridgehead atoms. The quantitative estimate of drug-likeness (QED) is 0.160. The Morgan fingerprint density at radius 1 is 0.415 bits per heavy atom. The van der Waals surface area contributed by atoms with Crippen molar-refractivity contribution in [2.75, 3.05) is 4.90 Å². The summed E-state index contributed by atoms with van der Waals surface area (Å²) in [5.41, 5.74) is 18.1. The predicted octanol–water partition coefficient (Wildman–Crippen LogP) is 17.0. The number of para-hydroxylation sites is 1. The molecule has 0 aliphatic carbocycles. The first kappa shape index (κ1) is 40.4. The molecule has 0 spiro atoms. The molecule has 0 N–H and O–H groups in total. The fourth-order valence-corrected chi connectivity index (χ4v) is 10.0. The molecule has 65 heavy (non-hydrogen) atoms. The molecule has 0 aliphatic rings. The van der Waals surface area contributed by atoms with Crippen LogP contribution in [0, 0.1) is 0 Å². The Labute approximate surface area is 385 Å². The summed E-state index contributed by atoms with van der Waals surface area (Å²) in [4.78, 5) is 2.32. The molecule has 2 heterocycles. The number of benzene rings is 9. The van der Waals surface area contributed by atoms with Gasteiger partial charge in [-0.3, -0.25) is 0 Å². The third-order valence-corrected chi connectivity index (χ3v) is 13.6.